The molecule has 76 valence electrons. The van der Waals surface area contributed by atoms with Gasteiger partial charge in [-0.05, 0) is 29.8 Å². The molecule has 0 atom stereocenters. The summed E-state index contributed by atoms with van der Waals surface area (Å²) in [5.41, 5.74) is -0.961. The van der Waals surface area contributed by atoms with Crippen LogP contribution in [-0.2, 0) is 5.38 Å². The van der Waals surface area contributed by atoms with Crippen LogP contribution in [0.3, 0.4) is 0 Å². The second kappa shape index (κ2) is 3.71. The second-order valence-electron chi connectivity index (χ2n) is 2.53. The van der Waals surface area contributed by atoms with Crippen molar-refractivity contribution < 1.29 is 18.7 Å². The topological polar surface area (TPSA) is 37.3 Å². The Hall–Kier alpha value is -0.870. The van der Waals surface area contributed by atoms with E-state index >= 15 is 0 Å². The molecule has 0 saturated carbocycles. The Balaban J connectivity index is 3.28. The van der Waals surface area contributed by atoms with E-state index < -0.39 is 16.9 Å². The first-order valence-corrected chi connectivity index (χ1v) is 4.17. The maximum atomic E-state index is 12.6. The fourth-order valence-corrected chi connectivity index (χ4v) is 1.22. The number of hydrogen-bond donors (Lipinski definition) is 1. The van der Waals surface area contributed by atoms with Crippen molar-refractivity contribution in [2.45, 2.75) is 5.38 Å². The Morgan fingerprint density at radius 3 is 2.36 bits per heavy atom. The van der Waals surface area contributed by atoms with E-state index in [1.807, 2.05) is 0 Å². The lowest BCUT2D eigenvalue weighted by molar-refractivity contribution is 0.0695. The smallest absolute Gasteiger partial charge is 0.348 e. The fourth-order valence-electron chi connectivity index (χ4n) is 0.877. The number of carbonyl (C=O) groups is 1. The van der Waals surface area contributed by atoms with Crippen molar-refractivity contribution in [3.63, 3.8) is 0 Å². The van der Waals surface area contributed by atoms with E-state index in [0.29, 0.717) is 0 Å². The van der Waals surface area contributed by atoms with Crippen LogP contribution in [0.5, 0.6) is 0 Å². The monoisotopic (exact) mass is 240 g/mol. The van der Waals surface area contributed by atoms with E-state index in [4.69, 9.17) is 28.3 Å². The van der Waals surface area contributed by atoms with Crippen LogP contribution in [0.15, 0.2) is 18.2 Å². The largest absolute Gasteiger partial charge is 0.478 e. The Bertz CT molecular complexity index is 374. The molecule has 0 aliphatic carbocycles. The number of carboxylic acid groups (broad SMARTS) is 1. The van der Waals surface area contributed by atoms with Gasteiger partial charge in [0.05, 0.1) is 5.56 Å². The SMILES string of the molecule is O=C(O)c1cc(Cl)cc(C(F)(F)Cl)c1. The summed E-state index contributed by atoms with van der Waals surface area (Å²) in [6.45, 7) is 0. The number of benzene rings is 1. The van der Waals surface area contributed by atoms with Gasteiger partial charge in [0.1, 0.15) is 0 Å². The maximum Gasteiger partial charge on any atom is 0.348 e. The molecule has 0 aromatic heterocycles. The van der Waals surface area contributed by atoms with Crippen LogP contribution in [-0.4, -0.2) is 11.1 Å². The van der Waals surface area contributed by atoms with Crippen molar-refractivity contribution in [3.05, 3.63) is 34.3 Å². The van der Waals surface area contributed by atoms with Gasteiger partial charge in [-0.25, -0.2) is 4.79 Å². The first-order chi connectivity index (χ1) is 6.30. The fraction of sp³-hybridized carbons (Fsp3) is 0.125. The van der Waals surface area contributed by atoms with Gasteiger partial charge in [-0.2, -0.15) is 8.78 Å². The van der Waals surface area contributed by atoms with Crippen LogP contribution < -0.4 is 0 Å². The molecule has 6 heteroatoms. The highest BCUT2D eigenvalue weighted by atomic mass is 35.5. The third-order valence-electron chi connectivity index (χ3n) is 1.47. The van der Waals surface area contributed by atoms with Gasteiger partial charge in [-0.3, -0.25) is 0 Å². The highest BCUT2D eigenvalue weighted by molar-refractivity contribution is 6.31. The van der Waals surface area contributed by atoms with Gasteiger partial charge in [-0.1, -0.05) is 11.6 Å². The van der Waals surface area contributed by atoms with Crippen LogP contribution in [0.25, 0.3) is 0 Å². The maximum absolute atomic E-state index is 12.6. The normalized spacial score (nSPS) is 11.4. The van der Waals surface area contributed by atoms with Crippen molar-refractivity contribution in [3.8, 4) is 0 Å². The molecule has 1 rings (SSSR count). The molecule has 0 bridgehead atoms. The minimum absolute atomic E-state index is 0.0970. The molecule has 0 amide bonds. The van der Waals surface area contributed by atoms with Crippen LogP contribution in [0.1, 0.15) is 15.9 Å². The highest BCUT2D eigenvalue weighted by Crippen LogP contribution is 2.34. The average molecular weight is 241 g/mol. The zero-order chi connectivity index (χ0) is 10.9. The van der Waals surface area contributed by atoms with Crippen molar-refractivity contribution in [2.75, 3.05) is 0 Å². The Labute approximate surface area is 88.1 Å². The van der Waals surface area contributed by atoms with Crippen molar-refractivity contribution in [1.29, 1.82) is 0 Å². The van der Waals surface area contributed by atoms with Crippen LogP contribution >= 0.6 is 23.2 Å². The van der Waals surface area contributed by atoms with Crippen LogP contribution in [0, 0.1) is 0 Å². The summed E-state index contributed by atoms with van der Waals surface area (Å²) in [4.78, 5) is 10.5. The number of halogens is 4. The molecule has 0 saturated heterocycles. The van der Waals surface area contributed by atoms with Gasteiger partial charge >= 0.3 is 11.4 Å². The standard InChI is InChI=1S/C8H4Cl2F2O2/c9-6-2-4(7(13)14)1-5(3-6)8(10,11)12/h1-3H,(H,13,14). The summed E-state index contributed by atoms with van der Waals surface area (Å²) in [7, 11) is 0. The van der Waals surface area contributed by atoms with Gasteiger partial charge < -0.3 is 5.11 Å². The molecule has 0 aliphatic rings. The molecule has 2 nitrogen and oxygen atoms in total. The summed E-state index contributed by atoms with van der Waals surface area (Å²) < 4.78 is 25.2. The second-order valence-corrected chi connectivity index (χ2v) is 3.44. The third kappa shape index (κ3) is 2.56. The minimum Gasteiger partial charge on any atom is -0.478 e. The molecule has 14 heavy (non-hydrogen) atoms. The lowest BCUT2D eigenvalue weighted by Gasteiger charge is -2.09. The van der Waals surface area contributed by atoms with Crippen molar-refractivity contribution in [1.82, 2.24) is 0 Å². The molecule has 0 radical (unpaired) electrons. The number of alkyl halides is 3. The van der Waals surface area contributed by atoms with E-state index in [-0.39, 0.29) is 10.6 Å². The van der Waals surface area contributed by atoms with Crippen LogP contribution in [0.2, 0.25) is 5.02 Å². The molecule has 1 aromatic carbocycles. The molecule has 0 spiro atoms. The number of aromatic carboxylic acids is 1. The zero-order valence-corrected chi connectivity index (χ0v) is 8.11. The quantitative estimate of drug-likeness (QED) is 0.806. The molecule has 1 N–H and O–H groups in total. The molecule has 0 aliphatic heterocycles. The average Bonchev–Trinajstić information content (AvgIpc) is 2.01. The van der Waals surface area contributed by atoms with Crippen molar-refractivity contribution >= 4 is 29.2 Å². The summed E-state index contributed by atoms with van der Waals surface area (Å²) in [5, 5.41) is 4.84. The van der Waals surface area contributed by atoms with Gasteiger partial charge in [0, 0.05) is 10.6 Å². The van der Waals surface area contributed by atoms with Gasteiger partial charge in [-0.15, -0.1) is 0 Å². The van der Waals surface area contributed by atoms with E-state index in [9.17, 15) is 13.6 Å². The van der Waals surface area contributed by atoms with E-state index in [1.165, 1.54) is 0 Å². The lowest BCUT2D eigenvalue weighted by atomic mass is 10.1. The molecule has 1 aromatic rings. The third-order valence-corrected chi connectivity index (χ3v) is 1.91. The highest BCUT2D eigenvalue weighted by Gasteiger charge is 2.29. The summed E-state index contributed by atoms with van der Waals surface area (Å²) in [6, 6.07) is 2.76. The number of carboxylic acids is 1. The number of hydrogen-bond acceptors (Lipinski definition) is 1. The minimum atomic E-state index is -3.62. The predicted molar refractivity (Wildman–Crippen MR) is 48.2 cm³/mol. The van der Waals surface area contributed by atoms with Crippen molar-refractivity contribution in [2.24, 2.45) is 0 Å². The Kier molecular flexibility index (Phi) is 2.97. The Morgan fingerprint density at radius 1 is 1.36 bits per heavy atom. The molecule has 0 fully saturated rings. The summed E-state index contributed by atoms with van der Waals surface area (Å²) >= 11 is 10.2. The molecular weight excluding hydrogens is 237 g/mol. The summed E-state index contributed by atoms with van der Waals surface area (Å²) in [6.07, 6.45) is 0. The van der Waals surface area contributed by atoms with Gasteiger partial charge in [0.25, 0.3) is 0 Å². The predicted octanol–water partition coefficient (Wildman–Crippen LogP) is 3.33. The lowest BCUT2D eigenvalue weighted by Crippen LogP contribution is -2.06. The molecule has 0 unspecified atom stereocenters. The Morgan fingerprint density at radius 2 is 1.93 bits per heavy atom. The molecule has 0 heterocycles. The van der Waals surface area contributed by atoms with E-state index in [1.54, 1.807) is 0 Å². The first kappa shape index (κ1) is 11.2. The van der Waals surface area contributed by atoms with Gasteiger partial charge in [0.15, 0.2) is 0 Å². The summed E-state index contributed by atoms with van der Waals surface area (Å²) in [5.74, 6) is -1.34. The number of rotatable bonds is 2. The van der Waals surface area contributed by atoms with Gasteiger partial charge in [0.2, 0.25) is 0 Å². The van der Waals surface area contributed by atoms with Crippen LogP contribution in [0.4, 0.5) is 8.78 Å². The zero-order valence-electron chi connectivity index (χ0n) is 6.60. The van der Waals surface area contributed by atoms with E-state index in [2.05, 4.69) is 0 Å². The van der Waals surface area contributed by atoms with E-state index in [0.717, 1.165) is 18.2 Å². The molecular formula is C8H4Cl2F2O2. The first-order valence-electron chi connectivity index (χ1n) is 3.42.